The van der Waals surface area contributed by atoms with Crippen LogP contribution in [0.5, 0.6) is 0 Å². The summed E-state index contributed by atoms with van der Waals surface area (Å²) in [7, 11) is 2.04. The molecule has 0 saturated heterocycles. The number of nitrogens with two attached hydrogens (primary N) is 1. The van der Waals surface area contributed by atoms with E-state index in [0.29, 0.717) is 17.6 Å². The summed E-state index contributed by atoms with van der Waals surface area (Å²) in [6.45, 7) is 3.80. The molecule has 1 aliphatic rings. The highest BCUT2D eigenvalue weighted by Crippen LogP contribution is 2.47. The van der Waals surface area contributed by atoms with Crippen molar-refractivity contribution in [2.24, 2.45) is 23.7 Å². The lowest BCUT2D eigenvalue weighted by Gasteiger charge is -2.03. The number of rotatable bonds is 4. The van der Waals surface area contributed by atoms with E-state index in [2.05, 4.69) is 37.9 Å². The van der Waals surface area contributed by atoms with E-state index in [4.69, 9.17) is 10.7 Å². The first-order valence-corrected chi connectivity index (χ1v) is 8.76. The van der Waals surface area contributed by atoms with Crippen molar-refractivity contribution >= 4 is 11.7 Å². The van der Waals surface area contributed by atoms with E-state index < -0.39 is 0 Å². The van der Waals surface area contributed by atoms with Crippen LogP contribution in [-0.2, 0) is 7.05 Å². The van der Waals surface area contributed by atoms with Crippen molar-refractivity contribution in [2.75, 3.05) is 0 Å². The Kier molecular flexibility index (Phi) is 4.03. The number of benzene rings is 1. The maximum atomic E-state index is 6.27. The van der Waals surface area contributed by atoms with Crippen molar-refractivity contribution in [3.63, 3.8) is 0 Å². The van der Waals surface area contributed by atoms with Gasteiger partial charge in [0.1, 0.15) is 11.7 Å². The summed E-state index contributed by atoms with van der Waals surface area (Å²) in [6.07, 6.45) is 4.78. The third kappa shape index (κ3) is 3.10. The first-order valence-electron chi connectivity index (χ1n) is 8.76. The van der Waals surface area contributed by atoms with Crippen molar-refractivity contribution in [1.82, 2.24) is 19.5 Å². The number of hydrogen-bond donors (Lipinski definition) is 1. The lowest BCUT2D eigenvalue weighted by molar-refractivity contribution is 0.786. The maximum absolute atomic E-state index is 6.27. The second-order valence-corrected chi connectivity index (χ2v) is 6.87. The van der Waals surface area contributed by atoms with E-state index >= 15 is 0 Å². The SMILES string of the molecule is Cc1cnc(C)c(N=C(N)C2CC2c2nc(-c3ccccc3)cn2C)n1. The minimum atomic E-state index is 0.210. The molecule has 3 aromatic rings. The fraction of sp³-hybridized carbons (Fsp3) is 0.300. The van der Waals surface area contributed by atoms with Crippen molar-refractivity contribution in [1.29, 1.82) is 0 Å². The molecule has 2 N–H and O–H groups in total. The molecule has 2 unspecified atom stereocenters. The van der Waals surface area contributed by atoms with Crippen molar-refractivity contribution in [3.8, 4) is 11.3 Å². The number of amidine groups is 1. The molecule has 6 nitrogen and oxygen atoms in total. The molecule has 6 heteroatoms. The number of imidazole rings is 1. The molecule has 2 heterocycles. The Morgan fingerprint density at radius 3 is 2.73 bits per heavy atom. The van der Waals surface area contributed by atoms with Gasteiger partial charge >= 0.3 is 0 Å². The van der Waals surface area contributed by atoms with E-state index in [9.17, 15) is 0 Å². The predicted molar refractivity (Wildman–Crippen MR) is 102 cm³/mol. The monoisotopic (exact) mass is 346 g/mol. The molecule has 0 bridgehead atoms. The third-order valence-corrected chi connectivity index (χ3v) is 4.77. The Morgan fingerprint density at radius 1 is 1.19 bits per heavy atom. The molecule has 132 valence electrons. The highest BCUT2D eigenvalue weighted by molar-refractivity contribution is 5.88. The van der Waals surface area contributed by atoms with Crippen LogP contribution in [0.1, 0.15) is 29.6 Å². The Hall–Kier alpha value is -3.02. The van der Waals surface area contributed by atoms with Gasteiger partial charge in [-0.3, -0.25) is 4.98 Å². The molecule has 0 aliphatic heterocycles. The minimum Gasteiger partial charge on any atom is -0.387 e. The van der Waals surface area contributed by atoms with Gasteiger partial charge in [0.05, 0.1) is 17.1 Å². The van der Waals surface area contributed by atoms with E-state index in [1.165, 1.54) is 0 Å². The van der Waals surface area contributed by atoms with Crippen LogP contribution >= 0.6 is 0 Å². The van der Waals surface area contributed by atoms with Gasteiger partial charge in [-0.25, -0.2) is 15.0 Å². The molecule has 1 aliphatic carbocycles. The van der Waals surface area contributed by atoms with E-state index in [0.717, 1.165) is 34.9 Å². The molecular weight excluding hydrogens is 324 g/mol. The second-order valence-electron chi connectivity index (χ2n) is 6.87. The van der Waals surface area contributed by atoms with Gasteiger partial charge in [-0.2, -0.15) is 0 Å². The molecule has 1 saturated carbocycles. The van der Waals surface area contributed by atoms with Gasteiger partial charge in [0.15, 0.2) is 5.82 Å². The van der Waals surface area contributed by atoms with Crippen molar-refractivity contribution < 1.29 is 0 Å². The summed E-state index contributed by atoms with van der Waals surface area (Å²) in [5.74, 6) is 2.79. The van der Waals surface area contributed by atoms with Crippen LogP contribution in [0.4, 0.5) is 5.82 Å². The fourth-order valence-corrected chi connectivity index (χ4v) is 3.22. The third-order valence-electron chi connectivity index (χ3n) is 4.77. The Labute approximate surface area is 152 Å². The molecule has 2 aromatic heterocycles. The van der Waals surface area contributed by atoms with E-state index in [1.807, 2.05) is 39.1 Å². The van der Waals surface area contributed by atoms with Crippen LogP contribution in [0.15, 0.2) is 47.7 Å². The quantitative estimate of drug-likeness (QED) is 0.580. The number of nitrogens with zero attached hydrogens (tertiary/aromatic N) is 5. The van der Waals surface area contributed by atoms with Crippen LogP contribution in [0.3, 0.4) is 0 Å². The molecule has 1 fully saturated rings. The standard InChI is InChI=1S/C20H22N6/c1-12-10-22-13(2)19(23-12)25-18(21)15-9-16(15)20-24-17(11-26(20)3)14-7-5-4-6-8-14/h4-8,10-11,15-16H,9H2,1-3H3,(H2,21,23,25). The molecule has 1 aromatic carbocycles. The summed E-state index contributed by atoms with van der Waals surface area (Å²) in [4.78, 5) is 18.1. The zero-order valence-corrected chi connectivity index (χ0v) is 15.2. The van der Waals surface area contributed by atoms with Gasteiger partial charge in [-0.05, 0) is 20.3 Å². The number of aromatic nitrogens is 4. The molecule has 0 spiro atoms. The average molecular weight is 346 g/mol. The molecule has 0 amide bonds. The Balaban J connectivity index is 1.56. The van der Waals surface area contributed by atoms with Gasteiger partial charge in [0, 0.05) is 36.8 Å². The summed E-state index contributed by atoms with van der Waals surface area (Å²) in [5, 5.41) is 0. The molecule has 2 atom stereocenters. The largest absolute Gasteiger partial charge is 0.387 e. The molecular formula is C20H22N6. The summed E-state index contributed by atoms with van der Waals surface area (Å²) >= 11 is 0. The zero-order valence-electron chi connectivity index (χ0n) is 15.2. The highest BCUT2D eigenvalue weighted by atomic mass is 15.1. The fourth-order valence-electron chi connectivity index (χ4n) is 3.22. The summed E-state index contributed by atoms with van der Waals surface area (Å²) in [6, 6.07) is 10.2. The predicted octanol–water partition coefficient (Wildman–Crippen LogP) is 3.29. The average Bonchev–Trinajstić information content (AvgIpc) is 3.34. The Bertz CT molecular complexity index is 973. The van der Waals surface area contributed by atoms with Crippen LogP contribution < -0.4 is 5.73 Å². The molecule has 4 rings (SSSR count). The molecule has 26 heavy (non-hydrogen) atoms. The van der Waals surface area contributed by atoms with Crippen molar-refractivity contribution in [2.45, 2.75) is 26.2 Å². The van der Waals surface area contributed by atoms with Crippen LogP contribution in [0.2, 0.25) is 0 Å². The zero-order chi connectivity index (χ0) is 18.3. The topological polar surface area (TPSA) is 82.0 Å². The smallest absolute Gasteiger partial charge is 0.175 e. The first-order chi connectivity index (χ1) is 12.5. The van der Waals surface area contributed by atoms with Gasteiger partial charge in [0.25, 0.3) is 0 Å². The van der Waals surface area contributed by atoms with Crippen molar-refractivity contribution in [3.05, 3.63) is 59.9 Å². The van der Waals surface area contributed by atoms with E-state index in [1.54, 1.807) is 6.20 Å². The normalized spacial score (nSPS) is 19.6. The molecule has 0 radical (unpaired) electrons. The number of hydrogen-bond acceptors (Lipinski definition) is 4. The van der Waals surface area contributed by atoms with Gasteiger partial charge in [-0.15, -0.1) is 0 Å². The number of aryl methyl sites for hydroxylation is 3. The highest BCUT2D eigenvalue weighted by Gasteiger charge is 2.44. The summed E-state index contributed by atoms with van der Waals surface area (Å²) < 4.78 is 2.10. The van der Waals surface area contributed by atoms with E-state index in [-0.39, 0.29) is 5.92 Å². The van der Waals surface area contributed by atoms with Crippen LogP contribution in [-0.4, -0.2) is 25.4 Å². The number of aliphatic imine (C=N–C) groups is 1. The lowest BCUT2D eigenvalue weighted by Crippen LogP contribution is -2.15. The van der Waals surface area contributed by atoms with Crippen LogP contribution in [0, 0.1) is 19.8 Å². The lowest BCUT2D eigenvalue weighted by atomic mass is 10.2. The van der Waals surface area contributed by atoms with Gasteiger partial charge < -0.3 is 10.3 Å². The first kappa shape index (κ1) is 16.4. The van der Waals surface area contributed by atoms with Gasteiger partial charge in [0.2, 0.25) is 0 Å². The summed E-state index contributed by atoms with van der Waals surface area (Å²) in [5.41, 5.74) is 10.0. The maximum Gasteiger partial charge on any atom is 0.175 e. The van der Waals surface area contributed by atoms with Crippen LogP contribution in [0.25, 0.3) is 11.3 Å². The minimum absolute atomic E-state index is 0.210. The Morgan fingerprint density at radius 2 is 1.96 bits per heavy atom. The van der Waals surface area contributed by atoms with Gasteiger partial charge in [-0.1, -0.05) is 30.3 Å². The second kappa shape index (κ2) is 6.37.